The number of nitrogens with one attached hydrogen (secondary N) is 2. The number of methoxy groups -OCH3 is 1. The van der Waals surface area contributed by atoms with Gasteiger partial charge in [-0.15, -0.1) is 0 Å². The zero-order valence-corrected chi connectivity index (χ0v) is 14.4. The number of aromatic nitrogens is 2. The van der Waals surface area contributed by atoms with E-state index in [4.69, 9.17) is 4.74 Å². The standard InChI is InChI=1S/C21H19N3O2/c1-26-18-9-5-6-15(12-18)14-24-20-11-10-17(13-19(20)23-21(24)25)22-16-7-3-2-4-8-16/h2-13,22H,14H2,1H3,(H,23,25). The van der Waals surface area contributed by atoms with Crippen LogP contribution in [0.3, 0.4) is 0 Å². The zero-order valence-electron chi connectivity index (χ0n) is 14.4. The highest BCUT2D eigenvalue weighted by molar-refractivity contribution is 5.81. The minimum Gasteiger partial charge on any atom is -0.497 e. The highest BCUT2D eigenvalue weighted by Crippen LogP contribution is 2.21. The van der Waals surface area contributed by atoms with Crippen molar-refractivity contribution in [2.24, 2.45) is 0 Å². The predicted molar refractivity (Wildman–Crippen MR) is 104 cm³/mol. The molecule has 0 aliphatic rings. The Labute approximate surface area is 150 Å². The number of ether oxygens (including phenoxy) is 1. The summed E-state index contributed by atoms with van der Waals surface area (Å²) in [6, 6.07) is 23.6. The molecule has 26 heavy (non-hydrogen) atoms. The van der Waals surface area contributed by atoms with Crippen LogP contribution in [0.25, 0.3) is 11.0 Å². The van der Waals surface area contributed by atoms with Gasteiger partial charge in [-0.1, -0.05) is 30.3 Å². The largest absolute Gasteiger partial charge is 0.497 e. The number of anilines is 2. The monoisotopic (exact) mass is 345 g/mol. The Bertz CT molecular complexity index is 1100. The van der Waals surface area contributed by atoms with Crippen LogP contribution in [0.15, 0.2) is 77.6 Å². The van der Waals surface area contributed by atoms with Crippen LogP contribution in [0.1, 0.15) is 5.56 Å². The number of H-pyrrole nitrogens is 1. The third-order valence-corrected chi connectivity index (χ3v) is 4.31. The van der Waals surface area contributed by atoms with Gasteiger partial charge in [0.15, 0.2) is 0 Å². The fourth-order valence-electron chi connectivity index (χ4n) is 3.04. The number of aromatic amines is 1. The molecular formula is C21H19N3O2. The number of hydrogen-bond acceptors (Lipinski definition) is 3. The molecule has 0 atom stereocenters. The summed E-state index contributed by atoms with van der Waals surface area (Å²) >= 11 is 0. The topological polar surface area (TPSA) is 59.0 Å². The normalized spacial score (nSPS) is 10.8. The lowest BCUT2D eigenvalue weighted by Crippen LogP contribution is -2.17. The summed E-state index contributed by atoms with van der Waals surface area (Å²) in [5.41, 5.74) is 4.50. The molecule has 0 saturated carbocycles. The zero-order chi connectivity index (χ0) is 17.9. The van der Waals surface area contributed by atoms with Gasteiger partial charge in [0.25, 0.3) is 0 Å². The molecule has 5 heteroatoms. The van der Waals surface area contributed by atoms with Gasteiger partial charge in [-0.05, 0) is 48.0 Å². The maximum absolute atomic E-state index is 12.4. The van der Waals surface area contributed by atoms with Gasteiger partial charge >= 0.3 is 5.69 Å². The first-order valence-corrected chi connectivity index (χ1v) is 8.40. The van der Waals surface area contributed by atoms with Crippen LogP contribution in [0, 0.1) is 0 Å². The maximum Gasteiger partial charge on any atom is 0.326 e. The average Bonchev–Trinajstić information content (AvgIpc) is 2.97. The molecule has 1 aromatic heterocycles. The van der Waals surface area contributed by atoms with Crippen molar-refractivity contribution in [2.45, 2.75) is 6.54 Å². The molecule has 0 aliphatic heterocycles. The molecule has 0 bridgehead atoms. The van der Waals surface area contributed by atoms with Crippen LogP contribution in [-0.4, -0.2) is 16.7 Å². The minimum atomic E-state index is -0.125. The maximum atomic E-state index is 12.4. The molecule has 0 saturated heterocycles. The van der Waals surface area contributed by atoms with Gasteiger partial charge in [-0.3, -0.25) is 4.57 Å². The second kappa shape index (κ2) is 6.80. The van der Waals surface area contributed by atoms with Crippen molar-refractivity contribution >= 4 is 22.4 Å². The molecule has 0 spiro atoms. The highest BCUT2D eigenvalue weighted by Gasteiger charge is 2.09. The van der Waals surface area contributed by atoms with E-state index in [0.29, 0.717) is 6.54 Å². The summed E-state index contributed by atoms with van der Waals surface area (Å²) in [7, 11) is 1.64. The van der Waals surface area contributed by atoms with Crippen molar-refractivity contribution in [2.75, 3.05) is 12.4 Å². The first-order chi connectivity index (χ1) is 12.7. The number of nitrogens with zero attached hydrogens (tertiary/aromatic N) is 1. The van der Waals surface area contributed by atoms with Crippen molar-refractivity contribution in [1.29, 1.82) is 0 Å². The molecule has 0 fully saturated rings. The van der Waals surface area contributed by atoms with E-state index in [1.807, 2.05) is 72.8 Å². The quantitative estimate of drug-likeness (QED) is 0.572. The van der Waals surface area contributed by atoms with Crippen LogP contribution in [0.2, 0.25) is 0 Å². The molecule has 0 unspecified atom stereocenters. The summed E-state index contributed by atoms with van der Waals surface area (Å²) < 4.78 is 6.99. The van der Waals surface area contributed by atoms with E-state index in [9.17, 15) is 4.79 Å². The Balaban J connectivity index is 1.66. The number of hydrogen-bond donors (Lipinski definition) is 2. The van der Waals surface area contributed by atoms with Crippen molar-refractivity contribution in [3.05, 3.63) is 88.8 Å². The number of fused-ring (bicyclic) bond motifs is 1. The Kier molecular flexibility index (Phi) is 4.19. The van der Waals surface area contributed by atoms with Gasteiger partial charge in [0.2, 0.25) is 0 Å². The van der Waals surface area contributed by atoms with E-state index < -0.39 is 0 Å². The second-order valence-corrected chi connectivity index (χ2v) is 6.09. The third kappa shape index (κ3) is 3.19. The van der Waals surface area contributed by atoms with E-state index in [-0.39, 0.29) is 5.69 Å². The Morgan fingerprint density at radius 2 is 1.81 bits per heavy atom. The summed E-state index contributed by atoms with van der Waals surface area (Å²) in [6.45, 7) is 0.488. The lowest BCUT2D eigenvalue weighted by molar-refractivity contribution is 0.414. The lowest BCUT2D eigenvalue weighted by atomic mass is 10.2. The first-order valence-electron chi connectivity index (χ1n) is 8.40. The van der Waals surface area contributed by atoms with Crippen LogP contribution in [0.5, 0.6) is 5.75 Å². The van der Waals surface area contributed by atoms with E-state index >= 15 is 0 Å². The van der Waals surface area contributed by atoms with E-state index in [1.165, 1.54) is 0 Å². The van der Waals surface area contributed by atoms with Gasteiger partial charge in [-0.2, -0.15) is 0 Å². The molecule has 2 N–H and O–H groups in total. The molecular weight excluding hydrogens is 326 g/mol. The van der Waals surface area contributed by atoms with Gasteiger partial charge in [0, 0.05) is 11.4 Å². The van der Waals surface area contributed by atoms with Crippen molar-refractivity contribution in [3.8, 4) is 5.75 Å². The number of rotatable bonds is 5. The van der Waals surface area contributed by atoms with E-state index in [0.717, 1.165) is 33.7 Å². The molecule has 0 aliphatic carbocycles. The summed E-state index contributed by atoms with van der Waals surface area (Å²) in [6.07, 6.45) is 0. The molecule has 1 heterocycles. The first kappa shape index (κ1) is 16.0. The molecule has 3 aromatic carbocycles. The molecule has 5 nitrogen and oxygen atoms in total. The van der Waals surface area contributed by atoms with Crippen LogP contribution >= 0.6 is 0 Å². The summed E-state index contributed by atoms with van der Waals surface area (Å²) in [5, 5.41) is 3.34. The van der Waals surface area contributed by atoms with Gasteiger partial charge in [0.05, 0.1) is 24.7 Å². The van der Waals surface area contributed by atoms with Crippen molar-refractivity contribution in [3.63, 3.8) is 0 Å². The SMILES string of the molecule is COc1cccc(Cn2c(=O)[nH]c3cc(Nc4ccccc4)ccc32)c1. The fraction of sp³-hybridized carbons (Fsp3) is 0.0952. The van der Waals surface area contributed by atoms with Gasteiger partial charge in [-0.25, -0.2) is 4.79 Å². The smallest absolute Gasteiger partial charge is 0.326 e. The third-order valence-electron chi connectivity index (χ3n) is 4.31. The molecule has 4 rings (SSSR count). The van der Waals surface area contributed by atoms with Crippen molar-refractivity contribution < 1.29 is 4.74 Å². The number of benzene rings is 3. The Hall–Kier alpha value is -3.47. The molecule has 0 amide bonds. The highest BCUT2D eigenvalue weighted by atomic mass is 16.5. The number of imidazole rings is 1. The van der Waals surface area contributed by atoms with Crippen LogP contribution < -0.4 is 15.7 Å². The second-order valence-electron chi connectivity index (χ2n) is 6.09. The lowest BCUT2D eigenvalue weighted by Gasteiger charge is -2.08. The summed E-state index contributed by atoms with van der Waals surface area (Å²) in [5.74, 6) is 0.782. The van der Waals surface area contributed by atoms with Gasteiger partial charge in [0.1, 0.15) is 5.75 Å². The van der Waals surface area contributed by atoms with Crippen LogP contribution in [0.4, 0.5) is 11.4 Å². The van der Waals surface area contributed by atoms with Crippen LogP contribution in [-0.2, 0) is 6.54 Å². The van der Waals surface area contributed by atoms with E-state index in [2.05, 4.69) is 10.3 Å². The minimum absolute atomic E-state index is 0.125. The fourth-order valence-corrected chi connectivity index (χ4v) is 3.04. The molecule has 130 valence electrons. The van der Waals surface area contributed by atoms with Gasteiger partial charge < -0.3 is 15.0 Å². The van der Waals surface area contributed by atoms with E-state index in [1.54, 1.807) is 11.7 Å². The Morgan fingerprint density at radius 3 is 2.62 bits per heavy atom. The average molecular weight is 345 g/mol. The predicted octanol–water partition coefficient (Wildman–Crippen LogP) is 4.13. The Morgan fingerprint density at radius 1 is 0.962 bits per heavy atom. The van der Waals surface area contributed by atoms with Crippen molar-refractivity contribution in [1.82, 2.24) is 9.55 Å². The number of para-hydroxylation sites is 1. The molecule has 0 radical (unpaired) electrons. The molecule has 4 aromatic rings. The summed E-state index contributed by atoms with van der Waals surface area (Å²) in [4.78, 5) is 15.4.